The third-order valence-corrected chi connectivity index (χ3v) is 13.3. The minimum Gasteiger partial charge on any atom is -0.507 e. The molecule has 0 aromatic heterocycles. The van der Waals surface area contributed by atoms with Crippen LogP contribution in [0.3, 0.4) is 0 Å². The Bertz CT molecular complexity index is 1870. The topological polar surface area (TPSA) is 80.9 Å². The van der Waals surface area contributed by atoms with Crippen molar-refractivity contribution in [1.82, 2.24) is 0 Å². The van der Waals surface area contributed by atoms with E-state index in [0.717, 1.165) is 100 Å². The van der Waals surface area contributed by atoms with E-state index in [2.05, 4.69) is 79.7 Å². The molecule has 0 aliphatic heterocycles. The highest BCUT2D eigenvalue weighted by atomic mass is 16.3. The Balaban J connectivity index is 1.89. The summed E-state index contributed by atoms with van der Waals surface area (Å²) < 4.78 is 0. The molecule has 0 aliphatic rings. The van der Waals surface area contributed by atoms with E-state index >= 15 is 0 Å². The third-order valence-electron chi connectivity index (χ3n) is 13.3. The second-order valence-corrected chi connectivity index (χ2v) is 15.6. The predicted molar refractivity (Wildman–Crippen MR) is 217 cm³/mol. The van der Waals surface area contributed by atoms with Gasteiger partial charge in [-0.25, -0.2) is 0 Å². The molecule has 0 spiro atoms. The van der Waals surface area contributed by atoms with Gasteiger partial charge in [-0.1, -0.05) is 24.3 Å². The van der Waals surface area contributed by atoms with Crippen LogP contribution in [-0.2, 0) is 0 Å². The number of hydrogen-bond donors (Lipinski definition) is 4. The smallest absolute Gasteiger partial charge is 0.121 e. The van der Waals surface area contributed by atoms with Crippen molar-refractivity contribution in [3.63, 3.8) is 0 Å². The second kappa shape index (κ2) is 13.7. The van der Waals surface area contributed by atoms with Crippen molar-refractivity contribution >= 4 is 0 Å². The number of phenolic OH excluding ortho intramolecular Hbond substituents is 4. The van der Waals surface area contributed by atoms with Crippen molar-refractivity contribution in [3.8, 4) is 23.0 Å². The molecule has 0 fully saturated rings. The quantitative estimate of drug-likeness (QED) is 0.133. The van der Waals surface area contributed by atoms with Crippen LogP contribution in [-0.4, -0.2) is 20.4 Å². The summed E-state index contributed by atoms with van der Waals surface area (Å²) in [5.74, 6) is 1.09. The van der Waals surface area contributed by atoms with Gasteiger partial charge in [0.1, 0.15) is 23.0 Å². The zero-order valence-electron chi connectivity index (χ0n) is 34.3. The van der Waals surface area contributed by atoms with E-state index in [1.54, 1.807) is 0 Å². The molecule has 5 aromatic carbocycles. The Kier molecular flexibility index (Phi) is 10.1. The molecule has 0 saturated carbocycles. The van der Waals surface area contributed by atoms with Crippen LogP contribution >= 0.6 is 0 Å². The van der Waals surface area contributed by atoms with E-state index in [-0.39, 0.29) is 11.8 Å². The molecule has 0 radical (unpaired) electrons. The second-order valence-electron chi connectivity index (χ2n) is 15.6. The van der Waals surface area contributed by atoms with Crippen molar-refractivity contribution in [2.45, 2.75) is 123 Å². The Morgan fingerprint density at radius 1 is 0.250 bits per heavy atom. The molecular formula is C48H58O4. The maximum atomic E-state index is 11.1. The van der Waals surface area contributed by atoms with Gasteiger partial charge in [-0.3, -0.25) is 0 Å². The van der Waals surface area contributed by atoms with E-state index in [0.29, 0.717) is 23.0 Å². The summed E-state index contributed by atoms with van der Waals surface area (Å²) in [7, 11) is 0. The summed E-state index contributed by atoms with van der Waals surface area (Å²) in [6.45, 7) is 32.9. The summed E-state index contributed by atoms with van der Waals surface area (Å²) in [5, 5.41) is 44.4. The fraction of sp³-hybridized carbons (Fsp3) is 0.375. The lowest BCUT2D eigenvalue weighted by Gasteiger charge is -2.32. The molecule has 5 rings (SSSR count). The van der Waals surface area contributed by atoms with Gasteiger partial charge >= 0.3 is 0 Å². The highest BCUT2D eigenvalue weighted by Crippen LogP contribution is 2.49. The molecule has 4 nitrogen and oxygen atoms in total. The molecule has 4 N–H and O–H groups in total. The number of benzene rings is 5. The molecule has 0 aliphatic carbocycles. The minimum atomic E-state index is -0.147. The standard InChI is InChI=1S/C48H58O4/c1-21-29(9)45(49)30(10)22(2)39(21)43(40-23(3)31(11)46(50)32(12)24(40)4)37-17-19-38(20-18-37)44(41-25(5)33(13)47(51)34(14)26(41)6)42-27(7)35(15)48(52)36(16)28(42)8/h17-20,43-44,49-52H,1-16H3. The molecule has 52 heavy (non-hydrogen) atoms. The van der Waals surface area contributed by atoms with Crippen LogP contribution in [0.25, 0.3) is 0 Å². The summed E-state index contributed by atoms with van der Waals surface area (Å²) in [4.78, 5) is 0. The maximum Gasteiger partial charge on any atom is 0.121 e. The van der Waals surface area contributed by atoms with Gasteiger partial charge in [0.25, 0.3) is 0 Å². The lowest BCUT2D eigenvalue weighted by Crippen LogP contribution is -2.16. The largest absolute Gasteiger partial charge is 0.507 e. The SMILES string of the molecule is Cc1c(C)c(C(c2ccc(C(c3c(C)c(C)c(O)c(C)c3C)c3c(C)c(C)c(O)c(C)c3C)cc2)c2c(C)c(C)c(O)c(C)c2C)c(C)c(C)c1O. The number of phenols is 4. The normalized spacial score (nSPS) is 11.7. The van der Waals surface area contributed by atoms with Crippen LogP contribution in [0.4, 0.5) is 0 Å². The molecule has 0 amide bonds. The van der Waals surface area contributed by atoms with Gasteiger partial charge in [0, 0.05) is 11.8 Å². The number of aromatic hydroxyl groups is 4. The molecule has 0 unspecified atom stereocenters. The van der Waals surface area contributed by atoms with Crippen LogP contribution in [0.15, 0.2) is 24.3 Å². The van der Waals surface area contributed by atoms with Gasteiger partial charge in [-0.2, -0.15) is 0 Å². The summed E-state index contributed by atoms with van der Waals surface area (Å²) in [5.41, 5.74) is 22.6. The first-order valence-corrected chi connectivity index (χ1v) is 18.4. The first kappa shape index (κ1) is 38.5. The van der Waals surface area contributed by atoms with E-state index in [1.165, 1.54) is 22.3 Å². The molecule has 5 aromatic rings. The van der Waals surface area contributed by atoms with E-state index < -0.39 is 0 Å². The highest BCUT2D eigenvalue weighted by Gasteiger charge is 2.32. The van der Waals surface area contributed by atoms with Gasteiger partial charge < -0.3 is 20.4 Å². The van der Waals surface area contributed by atoms with Crippen LogP contribution in [0.5, 0.6) is 23.0 Å². The molecule has 274 valence electrons. The molecule has 0 heterocycles. The Labute approximate surface area is 311 Å². The fourth-order valence-corrected chi connectivity index (χ4v) is 8.86. The van der Waals surface area contributed by atoms with Crippen LogP contribution in [0.2, 0.25) is 0 Å². The first-order valence-electron chi connectivity index (χ1n) is 18.4. The third kappa shape index (κ3) is 5.66. The summed E-state index contributed by atoms with van der Waals surface area (Å²) in [6.07, 6.45) is 0. The molecule has 0 atom stereocenters. The van der Waals surface area contributed by atoms with Crippen LogP contribution < -0.4 is 0 Å². The zero-order chi connectivity index (χ0) is 39.0. The monoisotopic (exact) mass is 698 g/mol. The predicted octanol–water partition coefficient (Wildman–Crippen LogP) is 11.8. The van der Waals surface area contributed by atoms with E-state index in [4.69, 9.17) is 0 Å². The van der Waals surface area contributed by atoms with Crippen molar-refractivity contribution < 1.29 is 20.4 Å². The number of rotatable bonds is 6. The fourth-order valence-electron chi connectivity index (χ4n) is 8.86. The average Bonchev–Trinajstić information content (AvgIpc) is 3.13. The molecule has 0 saturated heterocycles. The lowest BCUT2D eigenvalue weighted by atomic mass is 9.72. The highest BCUT2D eigenvalue weighted by molar-refractivity contribution is 5.66. The van der Waals surface area contributed by atoms with Crippen molar-refractivity contribution in [2.75, 3.05) is 0 Å². The first-order chi connectivity index (χ1) is 24.2. The van der Waals surface area contributed by atoms with E-state index in [9.17, 15) is 20.4 Å². The molecular weight excluding hydrogens is 641 g/mol. The van der Waals surface area contributed by atoms with Crippen molar-refractivity contribution in [2.24, 2.45) is 0 Å². The Morgan fingerprint density at radius 3 is 0.519 bits per heavy atom. The van der Waals surface area contributed by atoms with Gasteiger partial charge in [0.05, 0.1) is 0 Å². The zero-order valence-corrected chi connectivity index (χ0v) is 34.3. The maximum absolute atomic E-state index is 11.1. The van der Waals surface area contributed by atoms with E-state index in [1.807, 2.05) is 55.4 Å². The van der Waals surface area contributed by atoms with Gasteiger partial charge in [-0.15, -0.1) is 0 Å². The van der Waals surface area contributed by atoms with Gasteiger partial charge in [0.2, 0.25) is 0 Å². The summed E-state index contributed by atoms with van der Waals surface area (Å²) in [6, 6.07) is 9.04. The van der Waals surface area contributed by atoms with Crippen LogP contribution in [0, 0.1) is 111 Å². The Morgan fingerprint density at radius 2 is 0.385 bits per heavy atom. The van der Waals surface area contributed by atoms with Gasteiger partial charge in [0.15, 0.2) is 0 Å². The Hall–Kier alpha value is -4.70. The number of hydrogen-bond acceptors (Lipinski definition) is 4. The minimum absolute atomic E-state index is 0.147. The van der Waals surface area contributed by atoms with Crippen molar-refractivity contribution in [1.29, 1.82) is 0 Å². The van der Waals surface area contributed by atoms with Gasteiger partial charge in [-0.05, 0) is 233 Å². The molecule has 4 heteroatoms. The van der Waals surface area contributed by atoms with Crippen molar-refractivity contribution in [3.05, 3.63) is 147 Å². The lowest BCUT2D eigenvalue weighted by molar-refractivity contribution is 0.464. The molecule has 0 bridgehead atoms. The van der Waals surface area contributed by atoms with Crippen LogP contribution in [0.1, 0.15) is 134 Å². The summed E-state index contributed by atoms with van der Waals surface area (Å²) >= 11 is 0. The average molecular weight is 699 g/mol.